The van der Waals surface area contributed by atoms with Gasteiger partial charge in [0.05, 0.1) is 6.54 Å². The highest BCUT2D eigenvalue weighted by Crippen LogP contribution is 2.22. The number of hydrogen-bond donors (Lipinski definition) is 1. The first-order valence-electron chi connectivity index (χ1n) is 5.70. The van der Waals surface area contributed by atoms with Crippen molar-refractivity contribution in [2.45, 2.75) is 25.8 Å². The Morgan fingerprint density at radius 1 is 1.50 bits per heavy atom. The molecule has 0 bridgehead atoms. The lowest BCUT2D eigenvalue weighted by molar-refractivity contribution is -0.136. The largest absolute Gasteiger partial charge is 0.337 e. The van der Waals surface area contributed by atoms with Gasteiger partial charge in [0, 0.05) is 19.1 Å². The molecule has 1 rings (SSSR count). The zero-order chi connectivity index (χ0) is 11.4. The summed E-state index contributed by atoms with van der Waals surface area (Å²) in [6, 6.07) is 0.242. The van der Waals surface area contributed by atoms with Crippen molar-refractivity contribution in [2.75, 3.05) is 33.7 Å². The molecule has 2 N–H and O–H groups in total. The average Bonchev–Trinajstić information content (AvgIpc) is 2.16. The van der Waals surface area contributed by atoms with E-state index in [2.05, 4.69) is 6.92 Å². The van der Waals surface area contributed by atoms with Crippen molar-refractivity contribution in [1.82, 2.24) is 9.80 Å². The highest BCUT2D eigenvalue weighted by molar-refractivity contribution is 5.85. The number of carbonyl (C=O) groups excluding carboxylic acids is 1. The normalized spacial score (nSPS) is 25.4. The summed E-state index contributed by atoms with van der Waals surface area (Å²) < 4.78 is 0. The lowest BCUT2D eigenvalue weighted by Crippen LogP contribution is -2.53. The third-order valence-corrected chi connectivity index (χ3v) is 3.13. The molecule has 96 valence electrons. The van der Waals surface area contributed by atoms with Crippen LogP contribution < -0.4 is 5.73 Å². The Morgan fingerprint density at radius 2 is 2.12 bits per heavy atom. The van der Waals surface area contributed by atoms with Gasteiger partial charge in [-0.05, 0) is 32.9 Å². The average molecular weight is 250 g/mol. The second-order valence-corrected chi connectivity index (χ2v) is 4.75. The number of halogens is 1. The van der Waals surface area contributed by atoms with Gasteiger partial charge in [-0.25, -0.2) is 0 Å². The van der Waals surface area contributed by atoms with Crippen molar-refractivity contribution in [3.05, 3.63) is 0 Å². The highest BCUT2D eigenvalue weighted by Gasteiger charge is 2.30. The van der Waals surface area contributed by atoms with E-state index in [1.807, 2.05) is 23.9 Å². The predicted molar refractivity (Wildman–Crippen MR) is 68.8 cm³/mol. The molecule has 0 aromatic heterocycles. The van der Waals surface area contributed by atoms with Crippen LogP contribution in [-0.4, -0.2) is 55.5 Å². The Balaban J connectivity index is 0.00000225. The fourth-order valence-corrected chi connectivity index (χ4v) is 2.28. The van der Waals surface area contributed by atoms with E-state index >= 15 is 0 Å². The molecular weight excluding hydrogens is 226 g/mol. The van der Waals surface area contributed by atoms with E-state index in [0.717, 1.165) is 13.0 Å². The Kier molecular flexibility index (Phi) is 6.95. The molecule has 0 aliphatic carbocycles. The van der Waals surface area contributed by atoms with Crippen LogP contribution in [0.1, 0.15) is 19.8 Å². The molecule has 2 atom stereocenters. The highest BCUT2D eigenvalue weighted by atomic mass is 35.5. The van der Waals surface area contributed by atoms with Crippen LogP contribution in [0, 0.1) is 5.92 Å². The van der Waals surface area contributed by atoms with E-state index in [1.165, 1.54) is 6.42 Å². The number of amides is 1. The van der Waals surface area contributed by atoms with Crippen LogP contribution in [0.4, 0.5) is 0 Å². The van der Waals surface area contributed by atoms with Gasteiger partial charge >= 0.3 is 0 Å². The number of likely N-dealkylation sites (tertiary alicyclic amines) is 1. The van der Waals surface area contributed by atoms with E-state index in [9.17, 15) is 4.79 Å². The molecule has 1 aliphatic rings. The third-order valence-electron chi connectivity index (χ3n) is 3.13. The number of carbonyl (C=O) groups is 1. The van der Waals surface area contributed by atoms with E-state index in [0.29, 0.717) is 19.0 Å². The Bertz CT molecular complexity index is 223. The molecule has 1 amide bonds. The molecule has 16 heavy (non-hydrogen) atoms. The van der Waals surface area contributed by atoms with Crippen LogP contribution in [0.2, 0.25) is 0 Å². The molecule has 0 spiro atoms. The third kappa shape index (κ3) is 3.92. The van der Waals surface area contributed by atoms with Crippen molar-refractivity contribution in [1.29, 1.82) is 0 Å². The summed E-state index contributed by atoms with van der Waals surface area (Å²) in [6.45, 7) is 4.13. The summed E-state index contributed by atoms with van der Waals surface area (Å²) in [4.78, 5) is 15.8. The van der Waals surface area contributed by atoms with Gasteiger partial charge in [0.2, 0.25) is 5.91 Å². The van der Waals surface area contributed by atoms with E-state index in [-0.39, 0.29) is 24.4 Å². The lowest BCUT2D eigenvalue weighted by Gasteiger charge is -2.40. The fraction of sp³-hybridized carbons (Fsp3) is 0.909. The molecule has 2 unspecified atom stereocenters. The van der Waals surface area contributed by atoms with Crippen LogP contribution in [0.25, 0.3) is 0 Å². The first-order valence-corrected chi connectivity index (χ1v) is 5.70. The minimum atomic E-state index is 0. The number of piperidine rings is 1. The minimum Gasteiger partial charge on any atom is -0.337 e. The maximum absolute atomic E-state index is 12.0. The topological polar surface area (TPSA) is 49.6 Å². The Hall–Kier alpha value is -0.320. The van der Waals surface area contributed by atoms with Gasteiger partial charge < -0.3 is 15.5 Å². The number of rotatable bonds is 3. The van der Waals surface area contributed by atoms with Gasteiger partial charge in [0.15, 0.2) is 0 Å². The van der Waals surface area contributed by atoms with Gasteiger partial charge in [-0.15, -0.1) is 12.4 Å². The van der Waals surface area contributed by atoms with Crippen LogP contribution in [0.15, 0.2) is 0 Å². The van der Waals surface area contributed by atoms with E-state index in [4.69, 9.17) is 5.73 Å². The smallest absolute Gasteiger partial charge is 0.237 e. The number of nitrogens with two attached hydrogens (primary N) is 1. The maximum Gasteiger partial charge on any atom is 0.237 e. The molecular formula is C11H24ClN3O. The lowest BCUT2D eigenvalue weighted by atomic mass is 9.91. The van der Waals surface area contributed by atoms with Gasteiger partial charge in [-0.3, -0.25) is 4.79 Å². The molecule has 5 heteroatoms. The van der Waals surface area contributed by atoms with Gasteiger partial charge in [-0.2, -0.15) is 0 Å². The molecule has 0 saturated carbocycles. The van der Waals surface area contributed by atoms with Crippen LogP contribution in [0.3, 0.4) is 0 Å². The fourth-order valence-electron chi connectivity index (χ4n) is 2.28. The molecule has 1 saturated heterocycles. The Labute approximate surface area is 105 Å². The molecule has 0 radical (unpaired) electrons. The summed E-state index contributed by atoms with van der Waals surface area (Å²) in [5.74, 6) is 0.747. The quantitative estimate of drug-likeness (QED) is 0.795. The number of likely N-dealkylation sites (N-methyl/N-ethyl adjacent to an activating group) is 1. The summed E-state index contributed by atoms with van der Waals surface area (Å²) in [5, 5.41) is 0. The predicted octanol–water partition coefficient (Wildman–Crippen LogP) is 0.556. The van der Waals surface area contributed by atoms with Gasteiger partial charge in [-0.1, -0.05) is 6.92 Å². The van der Waals surface area contributed by atoms with Crippen LogP contribution >= 0.6 is 12.4 Å². The molecule has 0 aromatic carbocycles. The summed E-state index contributed by atoms with van der Waals surface area (Å²) in [6.07, 6.45) is 2.30. The second kappa shape index (κ2) is 7.09. The monoisotopic (exact) mass is 249 g/mol. The standard InChI is InChI=1S/C11H23N3O.ClH/c1-9-5-4-6-14(10(9)7-12)11(15)8-13(2)3;/h9-10H,4-8,12H2,1-3H3;1H. The van der Waals surface area contributed by atoms with Crippen molar-refractivity contribution in [3.8, 4) is 0 Å². The SMILES string of the molecule is CC1CCCN(C(=O)CN(C)C)C1CN.Cl. The van der Waals surface area contributed by atoms with Gasteiger partial charge in [0.25, 0.3) is 0 Å². The zero-order valence-corrected chi connectivity index (χ0v) is 11.3. The van der Waals surface area contributed by atoms with Crippen molar-refractivity contribution in [3.63, 3.8) is 0 Å². The summed E-state index contributed by atoms with van der Waals surface area (Å²) >= 11 is 0. The number of nitrogens with zero attached hydrogens (tertiary/aromatic N) is 2. The summed E-state index contributed by atoms with van der Waals surface area (Å²) in [7, 11) is 3.84. The second-order valence-electron chi connectivity index (χ2n) is 4.75. The number of hydrogen-bond acceptors (Lipinski definition) is 3. The van der Waals surface area contributed by atoms with Crippen molar-refractivity contribution in [2.24, 2.45) is 11.7 Å². The van der Waals surface area contributed by atoms with Crippen LogP contribution in [0.5, 0.6) is 0 Å². The van der Waals surface area contributed by atoms with Crippen molar-refractivity contribution < 1.29 is 4.79 Å². The zero-order valence-electron chi connectivity index (χ0n) is 10.5. The van der Waals surface area contributed by atoms with Gasteiger partial charge in [0.1, 0.15) is 0 Å². The molecule has 4 nitrogen and oxygen atoms in total. The molecule has 1 heterocycles. The van der Waals surface area contributed by atoms with Crippen molar-refractivity contribution >= 4 is 18.3 Å². The summed E-state index contributed by atoms with van der Waals surface area (Å²) in [5.41, 5.74) is 5.75. The van der Waals surface area contributed by atoms with Crippen LogP contribution in [-0.2, 0) is 4.79 Å². The first-order chi connectivity index (χ1) is 7.06. The maximum atomic E-state index is 12.0. The van der Waals surface area contributed by atoms with E-state index in [1.54, 1.807) is 0 Å². The molecule has 0 aromatic rings. The molecule has 1 aliphatic heterocycles. The molecule has 1 fully saturated rings. The van der Waals surface area contributed by atoms with E-state index < -0.39 is 0 Å². The Morgan fingerprint density at radius 3 is 2.62 bits per heavy atom. The minimum absolute atomic E-state index is 0. The first kappa shape index (κ1) is 15.7.